The van der Waals surface area contributed by atoms with Crippen molar-refractivity contribution >= 4 is 11.8 Å². The number of hydrogen-bond donors (Lipinski definition) is 0. The van der Waals surface area contributed by atoms with E-state index < -0.39 is 12.1 Å². The predicted octanol–water partition coefficient (Wildman–Crippen LogP) is 3.57. The highest BCUT2D eigenvalue weighted by Gasteiger charge is 2.29. The predicted molar refractivity (Wildman–Crippen MR) is 98.3 cm³/mol. The van der Waals surface area contributed by atoms with E-state index in [4.69, 9.17) is 14.2 Å². The van der Waals surface area contributed by atoms with Crippen molar-refractivity contribution in [1.29, 1.82) is 0 Å². The molecule has 1 heterocycles. The molecule has 0 amide bonds. The minimum Gasteiger partial charge on any atom is -0.497 e. The molecule has 0 N–H and O–H groups in total. The van der Waals surface area contributed by atoms with E-state index in [1.54, 1.807) is 49.8 Å². The molecular formula is C20H25NO5. The summed E-state index contributed by atoms with van der Waals surface area (Å²) >= 11 is 0. The van der Waals surface area contributed by atoms with Gasteiger partial charge in [-0.2, -0.15) is 0 Å². The molecular weight excluding hydrogens is 334 g/mol. The summed E-state index contributed by atoms with van der Waals surface area (Å²) in [6, 6.07) is 7.09. The van der Waals surface area contributed by atoms with Gasteiger partial charge in [-0.3, -0.25) is 4.79 Å². The van der Waals surface area contributed by atoms with Crippen LogP contribution in [0.1, 0.15) is 46.0 Å². The van der Waals surface area contributed by atoms with Crippen molar-refractivity contribution in [2.45, 2.75) is 40.3 Å². The van der Waals surface area contributed by atoms with Crippen molar-refractivity contribution in [3.8, 4) is 11.5 Å². The van der Waals surface area contributed by atoms with Gasteiger partial charge < -0.3 is 18.8 Å². The minimum absolute atomic E-state index is 0.180. The molecule has 1 atom stereocenters. The molecule has 2 aromatic rings. The molecule has 0 aliphatic heterocycles. The van der Waals surface area contributed by atoms with Crippen molar-refractivity contribution in [3.63, 3.8) is 0 Å². The van der Waals surface area contributed by atoms with E-state index in [1.807, 2.05) is 13.8 Å². The lowest BCUT2D eigenvalue weighted by Gasteiger charge is -2.15. The Balaban J connectivity index is 2.36. The average Bonchev–Trinajstić information content (AvgIpc) is 2.90. The number of ether oxygens (including phenoxy) is 3. The fraction of sp³-hybridized carbons (Fsp3) is 0.400. The quantitative estimate of drug-likeness (QED) is 0.558. The highest BCUT2D eigenvalue weighted by atomic mass is 16.5. The Labute approximate surface area is 153 Å². The smallest absolute Gasteiger partial charge is 0.354 e. The van der Waals surface area contributed by atoms with Crippen LogP contribution < -0.4 is 9.47 Å². The van der Waals surface area contributed by atoms with Gasteiger partial charge in [0, 0.05) is 23.9 Å². The van der Waals surface area contributed by atoms with E-state index in [0.717, 1.165) is 5.69 Å². The maximum atomic E-state index is 13.0. The molecule has 6 heteroatoms. The van der Waals surface area contributed by atoms with Gasteiger partial charge in [0.05, 0.1) is 14.2 Å². The standard InChI is InChI=1S/C20H25NO5/c1-7-21-13(3)17(12(2)18(21)20(23)25-6)19(22)14(4)26-16-10-8-9-15(11-16)24-5/h8-11,14H,7H2,1-6H3. The molecule has 26 heavy (non-hydrogen) atoms. The van der Waals surface area contributed by atoms with E-state index in [0.29, 0.717) is 34.9 Å². The SMILES string of the molecule is CCn1c(C)c(C(=O)C(C)Oc2cccc(OC)c2)c(C)c1C(=O)OC. The van der Waals surface area contributed by atoms with Crippen molar-refractivity contribution < 1.29 is 23.8 Å². The highest BCUT2D eigenvalue weighted by molar-refractivity contribution is 6.05. The van der Waals surface area contributed by atoms with Gasteiger partial charge >= 0.3 is 5.97 Å². The number of nitrogens with zero attached hydrogens (tertiary/aromatic N) is 1. The first-order valence-electron chi connectivity index (χ1n) is 8.48. The summed E-state index contributed by atoms with van der Waals surface area (Å²) in [4.78, 5) is 25.1. The van der Waals surface area contributed by atoms with Crippen molar-refractivity contribution in [1.82, 2.24) is 4.57 Å². The number of carbonyl (C=O) groups is 2. The number of esters is 1. The van der Waals surface area contributed by atoms with Crippen LogP contribution in [0.5, 0.6) is 11.5 Å². The normalized spacial score (nSPS) is 11.8. The van der Waals surface area contributed by atoms with Crippen LogP contribution >= 0.6 is 0 Å². The first kappa shape index (κ1) is 19.6. The lowest BCUT2D eigenvalue weighted by atomic mass is 10.0. The Hall–Kier alpha value is -2.76. The van der Waals surface area contributed by atoms with Gasteiger partial charge in [-0.15, -0.1) is 0 Å². The number of aromatic nitrogens is 1. The van der Waals surface area contributed by atoms with Crippen molar-refractivity contribution in [3.05, 3.63) is 46.8 Å². The highest BCUT2D eigenvalue weighted by Crippen LogP contribution is 2.26. The number of rotatable bonds is 7. The summed E-state index contributed by atoms with van der Waals surface area (Å²) in [5.41, 5.74) is 2.26. The molecule has 0 aliphatic carbocycles. The molecule has 6 nitrogen and oxygen atoms in total. The van der Waals surface area contributed by atoms with E-state index in [-0.39, 0.29) is 5.78 Å². The van der Waals surface area contributed by atoms with Crippen molar-refractivity contribution in [2.75, 3.05) is 14.2 Å². The van der Waals surface area contributed by atoms with Gasteiger partial charge in [0.25, 0.3) is 0 Å². The van der Waals surface area contributed by atoms with Crippen LogP contribution in [0.3, 0.4) is 0 Å². The van der Waals surface area contributed by atoms with Crippen LogP contribution in [0.15, 0.2) is 24.3 Å². The number of Topliss-reactive ketones (excluding diaryl/α,β-unsaturated/α-hetero) is 1. The van der Waals surface area contributed by atoms with Crippen LogP contribution in [0.2, 0.25) is 0 Å². The number of carbonyl (C=O) groups excluding carboxylic acids is 2. The van der Waals surface area contributed by atoms with Crippen LogP contribution in [0.4, 0.5) is 0 Å². The van der Waals surface area contributed by atoms with Gasteiger partial charge in [0.1, 0.15) is 17.2 Å². The van der Waals surface area contributed by atoms with E-state index >= 15 is 0 Å². The summed E-state index contributed by atoms with van der Waals surface area (Å²) in [5, 5.41) is 0. The summed E-state index contributed by atoms with van der Waals surface area (Å²) in [7, 11) is 2.91. The zero-order chi connectivity index (χ0) is 19.4. The summed E-state index contributed by atoms with van der Waals surface area (Å²) in [5.74, 6) is 0.566. The summed E-state index contributed by atoms with van der Waals surface area (Å²) in [6.07, 6.45) is -0.710. The minimum atomic E-state index is -0.710. The molecule has 0 bridgehead atoms. The summed E-state index contributed by atoms with van der Waals surface area (Å²) < 4.78 is 17.6. The molecule has 0 spiro atoms. The Morgan fingerprint density at radius 3 is 2.38 bits per heavy atom. The Kier molecular flexibility index (Phi) is 6.08. The molecule has 0 radical (unpaired) electrons. The first-order chi connectivity index (χ1) is 12.3. The van der Waals surface area contributed by atoms with Crippen LogP contribution in [-0.4, -0.2) is 36.6 Å². The van der Waals surface area contributed by atoms with Gasteiger partial charge in [-0.1, -0.05) is 6.07 Å². The number of ketones is 1. The Morgan fingerprint density at radius 1 is 1.15 bits per heavy atom. The lowest BCUT2D eigenvalue weighted by molar-refractivity contribution is 0.0587. The lowest BCUT2D eigenvalue weighted by Crippen LogP contribution is -2.25. The van der Waals surface area contributed by atoms with E-state index in [2.05, 4.69) is 0 Å². The summed E-state index contributed by atoms with van der Waals surface area (Å²) in [6.45, 7) is 7.77. The molecule has 0 saturated heterocycles. The Morgan fingerprint density at radius 2 is 1.81 bits per heavy atom. The molecule has 1 aromatic heterocycles. The largest absolute Gasteiger partial charge is 0.497 e. The van der Waals surface area contributed by atoms with E-state index in [9.17, 15) is 9.59 Å². The topological polar surface area (TPSA) is 66.8 Å². The molecule has 0 aliphatic rings. The fourth-order valence-corrected chi connectivity index (χ4v) is 3.15. The number of hydrogen-bond acceptors (Lipinski definition) is 5. The molecule has 2 rings (SSSR count). The van der Waals surface area contributed by atoms with Crippen LogP contribution in [0, 0.1) is 13.8 Å². The molecule has 140 valence electrons. The maximum absolute atomic E-state index is 13.0. The molecule has 1 aromatic carbocycles. The third-order valence-corrected chi connectivity index (χ3v) is 4.43. The van der Waals surface area contributed by atoms with Gasteiger partial charge in [0.15, 0.2) is 6.10 Å². The third-order valence-electron chi connectivity index (χ3n) is 4.43. The number of benzene rings is 1. The van der Waals surface area contributed by atoms with Crippen LogP contribution in [0.25, 0.3) is 0 Å². The molecule has 0 saturated carbocycles. The van der Waals surface area contributed by atoms with Crippen LogP contribution in [-0.2, 0) is 11.3 Å². The van der Waals surface area contributed by atoms with Gasteiger partial charge in [-0.05, 0) is 45.4 Å². The second-order valence-corrected chi connectivity index (χ2v) is 5.97. The first-order valence-corrected chi connectivity index (χ1v) is 8.48. The monoisotopic (exact) mass is 359 g/mol. The Bertz CT molecular complexity index is 822. The third kappa shape index (κ3) is 3.59. The second-order valence-electron chi connectivity index (χ2n) is 5.97. The molecule has 0 fully saturated rings. The van der Waals surface area contributed by atoms with Gasteiger partial charge in [-0.25, -0.2) is 4.79 Å². The maximum Gasteiger partial charge on any atom is 0.354 e. The van der Waals surface area contributed by atoms with Crippen molar-refractivity contribution in [2.24, 2.45) is 0 Å². The fourth-order valence-electron chi connectivity index (χ4n) is 3.15. The average molecular weight is 359 g/mol. The number of methoxy groups -OCH3 is 2. The van der Waals surface area contributed by atoms with E-state index in [1.165, 1.54) is 7.11 Å². The zero-order valence-electron chi connectivity index (χ0n) is 16.1. The van der Waals surface area contributed by atoms with Gasteiger partial charge in [0.2, 0.25) is 5.78 Å². The molecule has 1 unspecified atom stereocenters. The zero-order valence-corrected chi connectivity index (χ0v) is 16.1. The second kappa shape index (κ2) is 8.08.